The van der Waals surface area contributed by atoms with E-state index in [1.54, 1.807) is 31.2 Å². The van der Waals surface area contributed by atoms with E-state index in [1.807, 2.05) is 6.07 Å². The highest BCUT2D eigenvalue weighted by Crippen LogP contribution is 2.16. The molecule has 0 aliphatic heterocycles. The fourth-order valence-electron chi connectivity index (χ4n) is 1.34. The fourth-order valence-corrected chi connectivity index (χ4v) is 1.34. The number of nitrogens with zero attached hydrogens (tertiary/aromatic N) is 1. The van der Waals surface area contributed by atoms with Crippen LogP contribution >= 0.6 is 0 Å². The number of primary amides is 1. The number of aliphatic hydroxyl groups excluding tert-OH is 1. The Labute approximate surface area is 111 Å². The summed E-state index contributed by atoms with van der Waals surface area (Å²) in [5.41, 5.74) is 5.49. The molecule has 1 amide bonds. The zero-order chi connectivity index (χ0) is 14.3. The topological polar surface area (TPSA) is 108 Å². The van der Waals surface area contributed by atoms with Crippen LogP contribution in [-0.4, -0.2) is 36.3 Å². The van der Waals surface area contributed by atoms with Gasteiger partial charge in [-0.3, -0.25) is 4.79 Å². The highest BCUT2D eigenvalue weighted by Gasteiger charge is 2.12. The third-order valence-corrected chi connectivity index (χ3v) is 2.53. The summed E-state index contributed by atoms with van der Waals surface area (Å²) in [6.07, 6.45) is -0.798. The van der Waals surface area contributed by atoms with Gasteiger partial charge in [0.15, 0.2) is 0 Å². The molecule has 6 nitrogen and oxygen atoms in total. The number of hydrogen-bond acceptors (Lipinski definition) is 5. The second-order valence-electron chi connectivity index (χ2n) is 4.11. The van der Waals surface area contributed by atoms with Gasteiger partial charge in [0.1, 0.15) is 24.5 Å². The summed E-state index contributed by atoms with van der Waals surface area (Å²) in [6.45, 7) is 1.82. The molecule has 0 aromatic heterocycles. The van der Waals surface area contributed by atoms with E-state index in [1.165, 1.54) is 0 Å². The number of ether oxygens (including phenoxy) is 1. The lowest BCUT2D eigenvalue weighted by Gasteiger charge is -2.16. The first kappa shape index (κ1) is 15.0. The predicted molar refractivity (Wildman–Crippen MR) is 69.3 cm³/mol. The van der Waals surface area contributed by atoms with E-state index in [0.717, 1.165) is 0 Å². The zero-order valence-corrected chi connectivity index (χ0v) is 10.7. The molecule has 0 aliphatic carbocycles. The Kier molecular flexibility index (Phi) is 5.79. The van der Waals surface area contributed by atoms with Gasteiger partial charge in [-0.25, -0.2) is 0 Å². The van der Waals surface area contributed by atoms with Crippen LogP contribution in [0.1, 0.15) is 12.5 Å². The van der Waals surface area contributed by atoms with E-state index >= 15 is 0 Å². The Hall–Kier alpha value is -2.10. The molecule has 1 aromatic rings. The number of nitrogens with one attached hydrogen (secondary N) is 1. The number of carbonyl (C=O) groups excluding carboxylic acids is 1. The molecule has 19 heavy (non-hydrogen) atoms. The number of aliphatic hydroxyl groups is 1. The lowest BCUT2D eigenvalue weighted by atomic mass is 10.2. The number of carbonyl (C=O) groups is 1. The van der Waals surface area contributed by atoms with Crippen molar-refractivity contribution in [1.82, 2.24) is 5.32 Å². The first-order chi connectivity index (χ1) is 9.04. The fraction of sp³-hybridized carbons (Fsp3) is 0.385. The molecule has 2 atom stereocenters. The molecule has 0 radical (unpaired) electrons. The quantitative estimate of drug-likeness (QED) is 0.629. The second-order valence-corrected chi connectivity index (χ2v) is 4.11. The molecule has 0 saturated heterocycles. The molecule has 0 fully saturated rings. The average molecular weight is 263 g/mol. The Morgan fingerprint density at radius 2 is 2.26 bits per heavy atom. The van der Waals surface area contributed by atoms with Crippen LogP contribution in [-0.2, 0) is 4.79 Å². The Morgan fingerprint density at radius 3 is 2.89 bits per heavy atom. The largest absolute Gasteiger partial charge is 0.489 e. The smallest absolute Gasteiger partial charge is 0.234 e. The minimum atomic E-state index is -0.798. The molecular formula is C13H17N3O3. The van der Waals surface area contributed by atoms with Crippen molar-refractivity contribution in [1.29, 1.82) is 5.26 Å². The lowest BCUT2D eigenvalue weighted by Crippen LogP contribution is -2.43. The van der Waals surface area contributed by atoms with Crippen LogP contribution in [0.2, 0.25) is 0 Å². The molecule has 4 N–H and O–H groups in total. The Balaban J connectivity index is 2.40. The van der Waals surface area contributed by atoms with E-state index in [0.29, 0.717) is 11.3 Å². The van der Waals surface area contributed by atoms with Crippen molar-refractivity contribution in [3.63, 3.8) is 0 Å². The van der Waals surface area contributed by atoms with Gasteiger partial charge < -0.3 is 20.9 Å². The maximum atomic E-state index is 10.8. The maximum Gasteiger partial charge on any atom is 0.234 e. The van der Waals surface area contributed by atoms with Crippen LogP contribution < -0.4 is 15.8 Å². The highest BCUT2D eigenvalue weighted by atomic mass is 16.5. The van der Waals surface area contributed by atoms with Crippen LogP contribution in [0.5, 0.6) is 5.75 Å². The molecule has 0 heterocycles. The van der Waals surface area contributed by atoms with E-state index in [2.05, 4.69) is 5.32 Å². The van der Waals surface area contributed by atoms with Crippen molar-refractivity contribution in [2.75, 3.05) is 13.2 Å². The summed E-state index contributed by atoms with van der Waals surface area (Å²) in [5.74, 6) is -0.0602. The number of amides is 1. The maximum absolute atomic E-state index is 10.8. The van der Waals surface area contributed by atoms with Crippen LogP contribution in [0.3, 0.4) is 0 Å². The van der Waals surface area contributed by atoms with Gasteiger partial charge >= 0.3 is 0 Å². The van der Waals surface area contributed by atoms with Gasteiger partial charge in [-0.15, -0.1) is 0 Å². The van der Waals surface area contributed by atoms with Crippen LogP contribution in [0, 0.1) is 11.3 Å². The summed E-state index contributed by atoms with van der Waals surface area (Å²) >= 11 is 0. The molecule has 1 aromatic carbocycles. The van der Waals surface area contributed by atoms with Crippen LogP contribution in [0.25, 0.3) is 0 Å². The normalized spacial score (nSPS) is 13.3. The number of para-hydroxylation sites is 1. The standard InChI is InChI=1S/C13H17N3O3/c1-9(13(15)18)16-7-11(17)8-19-12-5-3-2-4-10(12)6-14/h2-5,9,11,16-17H,7-8H2,1H3,(H2,15,18). The molecule has 6 heteroatoms. The van der Waals surface area contributed by atoms with Crippen molar-refractivity contribution < 1.29 is 14.6 Å². The van der Waals surface area contributed by atoms with Gasteiger partial charge in [-0.05, 0) is 19.1 Å². The number of benzene rings is 1. The van der Waals surface area contributed by atoms with Gasteiger partial charge in [0.25, 0.3) is 0 Å². The monoisotopic (exact) mass is 263 g/mol. The Bertz CT molecular complexity index is 470. The van der Waals surface area contributed by atoms with Crippen molar-refractivity contribution in [2.24, 2.45) is 5.73 Å². The van der Waals surface area contributed by atoms with Crippen LogP contribution in [0.15, 0.2) is 24.3 Å². The molecule has 1 rings (SSSR count). The third kappa shape index (κ3) is 4.95. The van der Waals surface area contributed by atoms with E-state index in [9.17, 15) is 9.90 Å². The third-order valence-electron chi connectivity index (χ3n) is 2.53. The first-order valence-corrected chi connectivity index (χ1v) is 5.87. The number of rotatable bonds is 7. The molecule has 0 spiro atoms. The van der Waals surface area contributed by atoms with Gasteiger partial charge in [0, 0.05) is 6.54 Å². The van der Waals surface area contributed by atoms with E-state index in [4.69, 9.17) is 15.7 Å². The average Bonchev–Trinajstić information content (AvgIpc) is 2.42. The predicted octanol–water partition coefficient (Wildman–Crippen LogP) is -0.239. The number of nitriles is 1. The summed E-state index contributed by atoms with van der Waals surface area (Å²) in [4.78, 5) is 10.8. The first-order valence-electron chi connectivity index (χ1n) is 5.87. The summed E-state index contributed by atoms with van der Waals surface area (Å²) in [5, 5.41) is 21.3. The zero-order valence-electron chi connectivity index (χ0n) is 10.7. The minimum absolute atomic E-state index is 0.0250. The van der Waals surface area contributed by atoms with Gasteiger partial charge in [0.2, 0.25) is 5.91 Å². The van der Waals surface area contributed by atoms with Gasteiger partial charge in [-0.2, -0.15) is 5.26 Å². The van der Waals surface area contributed by atoms with E-state index in [-0.39, 0.29) is 13.2 Å². The molecule has 102 valence electrons. The van der Waals surface area contributed by atoms with Crippen molar-refractivity contribution in [3.05, 3.63) is 29.8 Å². The molecule has 0 saturated carbocycles. The van der Waals surface area contributed by atoms with Gasteiger partial charge in [0.05, 0.1) is 11.6 Å². The highest BCUT2D eigenvalue weighted by molar-refractivity contribution is 5.79. The molecule has 0 aliphatic rings. The van der Waals surface area contributed by atoms with Crippen molar-refractivity contribution in [3.8, 4) is 11.8 Å². The molecule has 0 bridgehead atoms. The van der Waals surface area contributed by atoms with Gasteiger partial charge in [-0.1, -0.05) is 12.1 Å². The van der Waals surface area contributed by atoms with Crippen LogP contribution in [0.4, 0.5) is 0 Å². The SMILES string of the molecule is CC(NCC(O)COc1ccccc1C#N)C(N)=O. The lowest BCUT2D eigenvalue weighted by molar-refractivity contribution is -0.119. The van der Waals surface area contributed by atoms with E-state index < -0.39 is 18.1 Å². The summed E-state index contributed by atoms with van der Waals surface area (Å²) in [7, 11) is 0. The number of hydrogen-bond donors (Lipinski definition) is 3. The number of nitrogens with two attached hydrogens (primary N) is 1. The second kappa shape index (κ2) is 7.36. The van der Waals surface area contributed by atoms with Crippen molar-refractivity contribution in [2.45, 2.75) is 19.1 Å². The van der Waals surface area contributed by atoms with Crippen molar-refractivity contribution >= 4 is 5.91 Å². The molecule has 2 unspecified atom stereocenters. The molecular weight excluding hydrogens is 246 g/mol. The summed E-state index contributed by atoms with van der Waals surface area (Å²) in [6, 6.07) is 8.26. The Morgan fingerprint density at radius 1 is 1.58 bits per heavy atom. The summed E-state index contributed by atoms with van der Waals surface area (Å²) < 4.78 is 5.35. The minimum Gasteiger partial charge on any atom is -0.489 e.